The Morgan fingerprint density at radius 2 is 1.83 bits per heavy atom. The van der Waals surface area contributed by atoms with Crippen LogP contribution in [0.3, 0.4) is 0 Å². The number of halogens is 2. The molecular formula is C29H27Br2NO3. The molecule has 35 heavy (non-hydrogen) atoms. The highest BCUT2D eigenvalue weighted by Crippen LogP contribution is 2.44. The highest BCUT2D eigenvalue weighted by Gasteiger charge is 2.21. The molecular weight excluding hydrogens is 570 g/mol. The van der Waals surface area contributed by atoms with Crippen molar-refractivity contribution >= 4 is 31.9 Å². The largest absolute Gasteiger partial charge is 0.487 e. The maximum Gasteiger partial charge on any atom is 0.226 e. The zero-order chi connectivity index (χ0) is 24.5. The highest BCUT2D eigenvalue weighted by atomic mass is 79.9. The summed E-state index contributed by atoms with van der Waals surface area (Å²) in [4.78, 5) is 4.66. The van der Waals surface area contributed by atoms with Gasteiger partial charge in [-0.15, -0.1) is 0 Å². The van der Waals surface area contributed by atoms with Gasteiger partial charge in [-0.3, -0.25) is 0 Å². The highest BCUT2D eigenvalue weighted by molar-refractivity contribution is 9.11. The van der Waals surface area contributed by atoms with Crippen LogP contribution in [0.1, 0.15) is 54.3 Å². The third kappa shape index (κ3) is 5.05. The van der Waals surface area contributed by atoms with E-state index in [1.165, 1.54) is 17.5 Å². The van der Waals surface area contributed by atoms with Gasteiger partial charge >= 0.3 is 0 Å². The quantitative estimate of drug-likeness (QED) is 0.213. The Morgan fingerprint density at radius 3 is 2.60 bits per heavy atom. The molecule has 4 aromatic rings. The average Bonchev–Trinajstić information content (AvgIpc) is 3.47. The SMILES string of the molecule is Cc1oc(-c2ccccc2)nc1COc1ccc(Oc2c(Br)cc3c(c2Br)CCC3)cc1C(C)C. The van der Waals surface area contributed by atoms with Gasteiger partial charge in [-0.2, -0.15) is 0 Å². The number of aryl methyl sites for hydroxylation is 2. The lowest BCUT2D eigenvalue weighted by molar-refractivity contribution is 0.294. The topological polar surface area (TPSA) is 44.5 Å². The monoisotopic (exact) mass is 595 g/mol. The van der Waals surface area contributed by atoms with Crippen LogP contribution in [0.5, 0.6) is 17.2 Å². The first-order valence-electron chi connectivity index (χ1n) is 11.9. The van der Waals surface area contributed by atoms with Crippen molar-refractivity contribution in [2.75, 3.05) is 0 Å². The van der Waals surface area contributed by atoms with Crippen LogP contribution in [0.4, 0.5) is 0 Å². The van der Waals surface area contributed by atoms with Crippen LogP contribution in [0.15, 0.2) is 68.0 Å². The molecule has 0 bridgehead atoms. The molecule has 1 aromatic heterocycles. The summed E-state index contributed by atoms with van der Waals surface area (Å²) in [5, 5.41) is 0. The zero-order valence-corrected chi connectivity index (χ0v) is 23.2. The van der Waals surface area contributed by atoms with Gasteiger partial charge in [-0.1, -0.05) is 32.0 Å². The molecule has 0 radical (unpaired) electrons. The van der Waals surface area contributed by atoms with Crippen LogP contribution < -0.4 is 9.47 Å². The van der Waals surface area contributed by atoms with E-state index < -0.39 is 0 Å². The van der Waals surface area contributed by atoms with Gasteiger partial charge in [0.1, 0.15) is 29.6 Å². The first-order chi connectivity index (χ1) is 16.9. The Labute approximate surface area is 222 Å². The van der Waals surface area contributed by atoms with Crippen molar-refractivity contribution in [3.63, 3.8) is 0 Å². The number of hydrogen-bond donors (Lipinski definition) is 0. The molecule has 0 amide bonds. The van der Waals surface area contributed by atoms with Crippen molar-refractivity contribution in [2.45, 2.75) is 52.6 Å². The van der Waals surface area contributed by atoms with Crippen LogP contribution in [0.25, 0.3) is 11.5 Å². The van der Waals surface area contributed by atoms with E-state index in [1.807, 2.05) is 49.4 Å². The first kappa shape index (κ1) is 24.1. The lowest BCUT2D eigenvalue weighted by Crippen LogP contribution is -2.02. The van der Waals surface area contributed by atoms with Crippen molar-refractivity contribution in [1.29, 1.82) is 0 Å². The van der Waals surface area contributed by atoms with Crippen molar-refractivity contribution in [1.82, 2.24) is 4.98 Å². The molecule has 0 saturated heterocycles. The van der Waals surface area contributed by atoms with Gasteiger partial charge in [0.2, 0.25) is 5.89 Å². The van der Waals surface area contributed by atoms with Gasteiger partial charge < -0.3 is 13.9 Å². The Hall–Kier alpha value is -2.57. The average molecular weight is 597 g/mol. The van der Waals surface area contributed by atoms with Gasteiger partial charge in [-0.25, -0.2) is 4.98 Å². The van der Waals surface area contributed by atoms with Crippen LogP contribution in [0.2, 0.25) is 0 Å². The summed E-state index contributed by atoms with van der Waals surface area (Å²) < 4.78 is 20.5. The van der Waals surface area contributed by atoms with Crippen LogP contribution in [-0.4, -0.2) is 4.98 Å². The van der Waals surface area contributed by atoms with Crippen molar-refractivity contribution in [3.8, 4) is 28.7 Å². The number of ether oxygens (including phenoxy) is 2. The van der Waals surface area contributed by atoms with Crippen LogP contribution >= 0.6 is 31.9 Å². The summed E-state index contributed by atoms with van der Waals surface area (Å²) in [7, 11) is 0. The molecule has 0 saturated carbocycles. The second-order valence-corrected chi connectivity index (χ2v) is 10.8. The second-order valence-electron chi connectivity index (χ2n) is 9.13. The normalized spacial score (nSPS) is 12.7. The molecule has 0 fully saturated rings. The minimum Gasteiger partial charge on any atom is -0.487 e. The molecule has 1 heterocycles. The van der Waals surface area contributed by atoms with E-state index in [9.17, 15) is 0 Å². The summed E-state index contributed by atoms with van der Waals surface area (Å²) in [6.45, 7) is 6.57. The van der Waals surface area contributed by atoms with Crippen LogP contribution in [0, 0.1) is 6.92 Å². The summed E-state index contributed by atoms with van der Waals surface area (Å²) in [6.07, 6.45) is 3.39. The standard InChI is InChI=1S/C29H27Br2NO3/c1-17(2)23-15-21(35-28-24(30)14-20-10-7-11-22(20)27(28)31)12-13-26(23)33-16-25-18(3)34-29(32-25)19-8-5-4-6-9-19/h4-6,8-9,12-15,17H,7,10-11,16H2,1-3H3. The smallest absolute Gasteiger partial charge is 0.226 e. The number of hydrogen-bond acceptors (Lipinski definition) is 4. The van der Waals surface area contributed by atoms with E-state index >= 15 is 0 Å². The summed E-state index contributed by atoms with van der Waals surface area (Å²) in [5.41, 5.74) is 5.58. The third-order valence-corrected chi connectivity index (χ3v) is 7.77. The fourth-order valence-corrected chi connectivity index (χ4v) is 6.00. The molecule has 0 atom stereocenters. The van der Waals surface area contributed by atoms with Crippen molar-refractivity contribution in [3.05, 3.63) is 91.7 Å². The molecule has 4 nitrogen and oxygen atoms in total. The van der Waals surface area contributed by atoms with E-state index in [1.54, 1.807) is 0 Å². The second kappa shape index (κ2) is 10.2. The maximum absolute atomic E-state index is 6.37. The van der Waals surface area contributed by atoms with E-state index in [-0.39, 0.29) is 5.92 Å². The van der Waals surface area contributed by atoms with E-state index in [0.29, 0.717) is 12.5 Å². The summed E-state index contributed by atoms with van der Waals surface area (Å²) in [5.74, 6) is 4.06. The number of benzene rings is 3. The third-order valence-electron chi connectivity index (χ3n) is 6.34. The van der Waals surface area contributed by atoms with Crippen LogP contribution in [-0.2, 0) is 19.4 Å². The molecule has 6 heteroatoms. The Kier molecular flexibility index (Phi) is 7.03. The molecule has 0 aliphatic heterocycles. The molecule has 180 valence electrons. The molecule has 1 aliphatic carbocycles. The molecule has 5 rings (SSSR count). The number of aromatic nitrogens is 1. The predicted molar refractivity (Wildman–Crippen MR) is 145 cm³/mol. The maximum atomic E-state index is 6.37. The fraction of sp³-hybridized carbons (Fsp3) is 0.276. The van der Waals surface area contributed by atoms with Gasteiger partial charge in [-0.05, 0) is 111 Å². The number of nitrogens with zero attached hydrogens (tertiary/aromatic N) is 1. The van der Waals surface area contributed by atoms with Crippen molar-refractivity contribution in [2.24, 2.45) is 0 Å². The number of rotatable bonds is 7. The van der Waals surface area contributed by atoms with E-state index in [0.717, 1.165) is 61.6 Å². The molecule has 0 spiro atoms. The van der Waals surface area contributed by atoms with Gasteiger partial charge in [0.15, 0.2) is 5.75 Å². The lowest BCUT2D eigenvalue weighted by atomic mass is 10.0. The molecule has 0 unspecified atom stereocenters. The van der Waals surface area contributed by atoms with Gasteiger partial charge in [0.25, 0.3) is 0 Å². The predicted octanol–water partition coefficient (Wildman–Crippen LogP) is 9.16. The molecule has 0 N–H and O–H groups in total. The number of oxazole rings is 1. The zero-order valence-electron chi connectivity index (χ0n) is 20.0. The van der Waals surface area contributed by atoms with Gasteiger partial charge in [0, 0.05) is 11.1 Å². The fourth-order valence-electron chi connectivity index (χ4n) is 4.43. The van der Waals surface area contributed by atoms with E-state index in [4.69, 9.17) is 13.9 Å². The van der Waals surface area contributed by atoms with Crippen molar-refractivity contribution < 1.29 is 13.9 Å². The summed E-state index contributed by atoms with van der Waals surface area (Å²) >= 11 is 7.48. The minimum absolute atomic E-state index is 0.263. The minimum atomic E-state index is 0.263. The Bertz CT molecular complexity index is 1360. The Morgan fingerprint density at radius 1 is 1.03 bits per heavy atom. The molecule has 3 aromatic carbocycles. The number of fused-ring (bicyclic) bond motifs is 1. The first-order valence-corrected chi connectivity index (χ1v) is 13.5. The molecule has 1 aliphatic rings. The Balaban J connectivity index is 1.36. The lowest BCUT2D eigenvalue weighted by Gasteiger charge is -2.17. The van der Waals surface area contributed by atoms with Gasteiger partial charge in [0.05, 0.1) is 8.95 Å². The van der Waals surface area contributed by atoms with E-state index in [2.05, 4.69) is 62.8 Å². The summed E-state index contributed by atoms with van der Waals surface area (Å²) in [6, 6.07) is 18.1.